The number of alkyl halides is 3. The third-order valence-corrected chi connectivity index (χ3v) is 3.80. The first kappa shape index (κ1) is 17.0. The van der Waals surface area contributed by atoms with Crippen molar-refractivity contribution in [3.8, 4) is 0 Å². The second-order valence-corrected chi connectivity index (χ2v) is 5.46. The van der Waals surface area contributed by atoms with Crippen LogP contribution in [0.2, 0.25) is 0 Å². The molecule has 0 amide bonds. The van der Waals surface area contributed by atoms with Crippen molar-refractivity contribution < 1.29 is 22.7 Å². The van der Waals surface area contributed by atoms with E-state index in [9.17, 15) is 18.0 Å². The molecule has 0 atom stereocenters. The summed E-state index contributed by atoms with van der Waals surface area (Å²) in [7, 11) is 0. The molecule has 4 nitrogen and oxygen atoms in total. The van der Waals surface area contributed by atoms with E-state index in [-0.39, 0.29) is 12.3 Å². The highest BCUT2D eigenvalue weighted by molar-refractivity contribution is 5.96. The number of carbonyl (C=O) groups is 1. The number of pyridine rings is 1. The largest absolute Gasteiger partial charge is 0.461 e. The molecule has 0 unspecified atom stereocenters. The summed E-state index contributed by atoms with van der Waals surface area (Å²) >= 11 is 0. The number of hydrogen-bond acceptors (Lipinski definition) is 3. The van der Waals surface area contributed by atoms with Crippen LogP contribution in [0.15, 0.2) is 48.8 Å². The summed E-state index contributed by atoms with van der Waals surface area (Å²) in [4.78, 5) is 16.2. The zero-order valence-electron chi connectivity index (χ0n) is 13.4. The Bertz CT molecular complexity index is 902. The Morgan fingerprint density at radius 2 is 1.88 bits per heavy atom. The fourth-order valence-electron chi connectivity index (χ4n) is 2.66. The third kappa shape index (κ3) is 3.50. The van der Waals surface area contributed by atoms with Gasteiger partial charge >= 0.3 is 12.1 Å². The molecule has 0 radical (unpaired) electrons. The molecule has 0 saturated carbocycles. The lowest BCUT2D eigenvalue weighted by atomic mass is 10.1. The van der Waals surface area contributed by atoms with Crippen LogP contribution in [-0.2, 0) is 17.5 Å². The summed E-state index contributed by atoms with van der Waals surface area (Å²) in [5.41, 5.74) is 0.871. The van der Waals surface area contributed by atoms with Crippen molar-refractivity contribution >= 4 is 16.9 Å². The van der Waals surface area contributed by atoms with Crippen LogP contribution in [0.4, 0.5) is 13.2 Å². The highest BCUT2D eigenvalue weighted by atomic mass is 19.4. The van der Waals surface area contributed by atoms with Crippen molar-refractivity contribution in [1.29, 1.82) is 0 Å². The number of carbonyl (C=O) groups excluding carboxylic acids is 1. The van der Waals surface area contributed by atoms with Gasteiger partial charge in [0.2, 0.25) is 0 Å². The topological polar surface area (TPSA) is 44.1 Å². The monoisotopic (exact) mass is 348 g/mol. The van der Waals surface area contributed by atoms with E-state index in [1.165, 1.54) is 12.1 Å². The Hall–Kier alpha value is -2.83. The van der Waals surface area contributed by atoms with Gasteiger partial charge in [-0.1, -0.05) is 0 Å². The predicted octanol–water partition coefficient (Wildman–Crippen LogP) is 4.28. The summed E-state index contributed by atoms with van der Waals surface area (Å²) in [5.74, 6) is -0.568. The molecule has 130 valence electrons. The molecule has 3 rings (SSSR count). The summed E-state index contributed by atoms with van der Waals surface area (Å²) < 4.78 is 45.5. The van der Waals surface area contributed by atoms with Crippen LogP contribution in [0.3, 0.4) is 0 Å². The van der Waals surface area contributed by atoms with Crippen LogP contribution in [0.25, 0.3) is 10.9 Å². The molecular formula is C18H15F3N2O2. The summed E-state index contributed by atoms with van der Waals surface area (Å²) in [5, 5.41) is 0.340. The van der Waals surface area contributed by atoms with E-state index in [4.69, 9.17) is 4.74 Å². The number of esters is 1. The lowest BCUT2D eigenvalue weighted by Gasteiger charge is -2.11. The summed E-state index contributed by atoms with van der Waals surface area (Å²) in [6.07, 6.45) is -1.20. The zero-order valence-corrected chi connectivity index (χ0v) is 13.4. The number of hydrogen-bond donors (Lipinski definition) is 0. The molecule has 0 spiro atoms. The second-order valence-electron chi connectivity index (χ2n) is 5.46. The first-order valence-corrected chi connectivity index (χ1v) is 7.66. The number of halogens is 3. The maximum atomic E-state index is 12.9. The molecule has 0 N–H and O–H groups in total. The van der Waals surface area contributed by atoms with E-state index in [0.717, 1.165) is 17.7 Å². The van der Waals surface area contributed by atoms with Gasteiger partial charge in [0, 0.05) is 29.8 Å². The first-order valence-electron chi connectivity index (χ1n) is 7.66. The molecular weight excluding hydrogens is 333 g/mol. The quantitative estimate of drug-likeness (QED) is 0.661. The standard InChI is InChI=1S/C18H15F3N2O2/c1-2-25-17(24)16-10-13-9-14(18(19,20)21)3-4-15(13)23(16)11-12-5-7-22-8-6-12/h3-10H,2,11H2,1H3. The van der Waals surface area contributed by atoms with Crippen molar-refractivity contribution in [3.63, 3.8) is 0 Å². The van der Waals surface area contributed by atoms with Crippen LogP contribution in [0.1, 0.15) is 28.5 Å². The molecule has 2 aromatic heterocycles. The molecule has 25 heavy (non-hydrogen) atoms. The fourth-order valence-corrected chi connectivity index (χ4v) is 2.66. The number of rotatable bonds is 4. The van der Waals surface area contributed by atoms with Crippen LogP contribution in [-0.4, -0.2) is 22.1 Å². The number of aromatic nitrogens is 2. The molecule has 0 fully saturated rings. The maximum absolute atomic E-state index is 12.9. The van der Waals surface area contributed by atoms with Crippen LogP contribution >= 0.6 is 0 Å². The molecule has 0 aliphatic rings. The molecule has 0 aliphatic carbocycles. The average molecular weight is 348 g/mol. The molecule has 1 aromatic carbocycles. The number of benzene rings is 1. The average Bonchev–Trinajstić information content (AvgIpc) is 2.93. The van der Waals surface area contributed by atoms with Gasteiger partial charge in [-0.3, -0.25) is 4.98 Å². The number of nitrogens with zero attached hydrogens (tertiary/aromatic N) is 2. The van der Waals surface area contributed by atoms with Crippen molar-refractivity contribution in [2.24, 2.45) is 0 Å². The fraction of sp³-hybridized carbons (Fsp3) is 0.222. The van der Waals surface area contributed by atoms with Gasteiger partial charge in [-0.25, -0.2) is 4.79 Å². The van der Waals surface area contributed by atoms with Crippen LogP contribution in [0, 0.1) is 0 Å². The number of ether oxygens (including phenoxy) is 1. The van der Waals surface area contributed by atoms with Gasteiger partial charge in [0.05, 0.1) is 12.2 Å². The molecule has 0 aliphatic heterocycles. The summed E-state index contributed by atoms with van der Waals surface area (Å²) in [6.45, 7) is 2.18. The van der Waals surface area contributed by atoms with Crippen molar-refractivity contribution in [2.75, 3.05) is 6.61 Å². The Balaban J connectivity index is 2.13. The predicted molar refractivity (Wildman–Crippen MR) is 86.2 cm³/mol. The molecule has 0 saturated heterocycles. The van der Waals surface area contributed by atoms with E-state index < -0.39 is 17.7 Å². The van der Waals surface area contributed by atoms with Crippen molar-refractivity contribution in [1.82, 2.24) is 9.55 Å². The summed E-state index contributed by atoms with van der Waals surface area (Å²) in [6, 6.07) is 8.43. The molecule has 0 bridgehead atoms. The second kappa shape index (κ2) is 6.58. The van der Waals surface area contributed by atoms with E-state index in [1.807, 2.05) is 0 Å². The minimum Gasteiger partial charge on any atom is -0.461 e. The third-order valence-electron chi connectivity index (χ3n) is 3.80. The SMILES string of the molecule is CCOC(=O)c1cc2cc(C(F)(F)F)ccc2n1Cc1ccncc1. The highest BCUT2D eigenvalue weighted by Crippen LogP contribution is 2.32. The van der Waals surface area contributed by atoms with Gasteiger partial charge in [-0.2, -0.15) is 13.2 Å². The van der Waals surface area contributed by atoms with Gasteiger partial charge in [0.15, 0.2) is 0 Å². The Morgan fingerprint density at radius 3 is 2.52 bits per heavy atom. The molecule has 3 aromatic rings. The lowest BCUT2D eigenvalue weighted by Crippen LogP contribution is -2.13. The van der Waals surface area contributed by atoms with Gasteiger partial charge in [-0.05, 0) is 48.9 Å². The van der Waals surface area contributed by atoms with Gasteiger partial charge < -0.3 is 9.30 Å². The Morgan fingerprint density at radius 1 is 1.16 bits per heavy atom. The minimum atomic E-state index is -4.44. The molecule has 2 heterocycles. The minimum absolute atomic E-state index is 0.184. The Kier molecular flexibility index (Phi) is 4.48. The van der Waals surface area contributed by atoms with Crippen LogP contribution < -0.4 is 0 Å². The van der Waals surface area contributed by atoms with Crippen molar-refractivity contribution in [2.45, 2.75) is 19.6 Å². The van der Waals surface area contributed by atoms with Gasteiger partial charge in [0.1, 0.15) is 5.69 Å². The van der Waals surface area contributed by atoms with E-state index in [2.05, 4.69) is 4.98 Å². The van der Waals surface area contributed by atoms with Crippen molar-refractivity contribution in [3.05, 3.63) is 65.6 Å². The molecule has 7 heteroatoms. The van der Waals surface area contributed by atoms with E-state index in [1.54, 1.807) is 36.0 Å². The number of fused-ring (bicyclic) bond motifs is 1. The first-order chi connectivity index (χ1) is 11.9. The van der Waals surface area contributed by atoms with E-state index in [0.29, 0.717) is 17.4 Å². The highest BCUT2D eigenvalue weighted by Gasteiger charge is 2.31. The zero-order chi connectivity index (χ0) is 18.0. The smallest absolute Gasteiger partial charge is 0.416 e. The van der Waals surface area contributed by atoms with E-state index >= 15 is 0 Å². The van der Waals surface area contributed by atoms with Gasteiger partial charge in [-0.15, -0.1) is 0 Å². The Labute approximate surface area is 141 Å². The lowest BCUT2D eigenvalue weighted by molar-refractivity contribution is -0.137. The van der Waals surface area contributed by atoms with Crippen LogP contribution in [0.5, 0.6) is 0 Å². The maximum Gasteiger partial charge on any atom is 0.416 e. The van der Waals surface area contributed by atoms with Gasteiger partial charge in [0.25, 0.3) is 0 Å². The normalized spacial score (nSPS) is 11.7.